The third kappa shape index (κ3) is 3.52. The summed E-state index contributed by atoms with van der Waals surface area (Å²) in [6.07, 6.45) is 7.51. The molecule has 3 atom stereocenters. The maximum atomic E-state index is 13.7. The molecule has 0 aromatic heterocycles. The standard InChI is InChI=1S/C24H30N2O3/c1-15(2)13-21(26-22(27)18-8-4-5-9-19(18)23(26)28)24(29)25-12-6-7-17-14-16(3)10-11-20(17)25/h4-5,10-11,14-15,18-19,21H,6-9,12-13H2,1-3H3. The number of likely N-dealkylation sites (tertiary alicyclic amines) is 1. The number of aryl methyl sites for hydroxylation is 2. The number of allylic oxidation sites excluding steroid dienone is 2. The Hall–Kier alpha value is -2.43. The van der Waals surface area contributed by atoms with E-state index in [-0.39, 0.29) is 35.5 Å². The van der Waals surface area contributed by atoms with E-state index in [1.54, 1.807) is 0 Å². The lowest BCUT2D eigenvalue weighted by atomic mass is 9.85. The van der Waals surface area contributed by atoms with E-state index in [0.29, 0.717) is 25.8 Å². The van der Waals surface area contributed by atoms with Crippen molar-refractivity contribution in [3.8, 4) is 0 Å². The van der Waals surface area contributed by atoms with Gasteiger partial charge in [0.05, 0.1) is 11.8 Å². The highest BCUT2D eigenvalue weighted by Crippen LogP contribution is 2.38. The number of rotatable bonds is 4. The van der Waals surface area contributed by atoms with Crippen molar-refractivity contribution in [1.82, 2.24) is 4.90 Å². The van der Waals surface area contributed by atoms with Crippen LogP contribution in [0.1, 0.15) is 50.7 Å². The normalized spacial score (nSPS) is 24.7. The van der Waals surface area contributed by atoms with Crippen LogP contribution in [0.25, 0.3) is 0 Å². The number of amides is 3. The molecule has 1 aromatic rings. The van der Waals surface area contributed by atoms with Gasteiger partial charge < -0.3 is 4.90 Å². The van der Waals surface area contributed by atoms with Gasteiger partial charge in [0.15, 0.2) is 0 Å². The molecule has 3 aliphatic rings. The van der Waals surface area contributed by atoms with Crippen LogP contribution in [0.4, 0.5) is 5.69 Å². The van der Waals surface area contributed by atoms with Gasteiger partial charge in [0.25, 0.3) is 0 Å². The lowest BCUT2D eigenvalue weighted by Crippen LogP contribution is -2.53. The highest BCUT2D eigenvalue weighted by molar-refractivity contribution is 6.10. The van der Waals surface area contributed by atoms with Crippen molar-refractivity contribution >= 4 is 23.4 Å². The molecule has 1 saturated heterocycles. The van der Waals surface area contributed by atoms with Crippen molar-refractivity contribution in [2.24, 2.45) is 17.8 Å². The van der Waals surface area contributed by atoms with Crippen LogP contribution in [0.15, 0.2) is 30.4 Å². The molecule has 5 heteroatoms. The van der Waals surface area contributed by atoms with Crippen molar-refractivity contribution in [2.45, 2.75) is 58.9 Å². The Bertz CT molecular complexity index is 847. The second-order valence-electron chi connectivity index (χ2n) is 9.07. The van der Waals surface area contributed by atoms with E-state index in [9.17, 15) is 14.4 Å². The molecular formula is C24H30N2O3. The minimum absolute atomic E-state index is 0.114. The predicted molar refractivity (Wildman–Crippen MR) is 112 cm³/mol. The Morgan fingerprint density at radius 2 is 1.76 bits per heavy atom. The number of nitrogens with zero attached hydrogens (tertiary/aromatic N) is 2. The van der Waals surface area contributed by atoms with E-state index in [1.807, 2.05) is 43.0 Å². The minimum atomic E-state index is -0.715. The topological polar surface area (TPSA) is 57.7 Å². The zero-order valence-electron chi connectivity index (χ0n) is 17.6. The SMILES string of the molecule is Cc1ccc2c(c1)CCCN2C(=O)C(CC(C)C)N1C(=O)C2CC=CCC2C1=O. The fourth-order valence-corrected chi connectivity index (χ4v) is 5.03. The van der Waals surface area contributed by atoms with Gasteiger partial charge >= 0.3 is 0 Å². The molecule has 3 unspecified atom stereocenters. The summed E-state index contributed by atoms with van der Waals surface area (Å²) >= 11 is 0. The van der Waals surface area contributed by atoms with E-state index < -0.39 is 6.04 Å². The molecule has 4 rings (SSSR count). The molecule has 5 nitrogen and oxygen atoms in total. The molecule has 0 saturated carbocycles. The molecule has 0 N–H and O–H groups in total. The molecule has 1 fully saturated rings. The zero-order valence-corrected chi connectivity index (χ0v) is 17.6. The Balaban J connectivity index is 1.67. The maximum Gasteiger partial charge on any atom is 0.250 e. The van der Waals surface area contributed by atoms with Crippen LogP contribution < -0.4 is 4.90 Å². The van der Waals surface area contributed by atoms with Crippen LogP contribution in [0.3, 0.4) is 0 Å². The first-order valence-electron chi connectivity index (χ1n) is 10.8. The lowest BCUT2D eigenvalue weighted by Gasteiger charge is -2.36. The Morgan fingerprint density at radius 1 is 1.10 bits per heavy atom. The molecule has 154 valence electrons. The van der Waals surface area contributed by atoms with Gasteiger partial charge in [-0.25, -0.2) is 0 Å². The molecule has 2 heterocycles. The highest BCUT2D eigenvalue weighted by atomic mass is 16.2. The second kappa shape index (κ2) is 7.77. The van der Waals surface area contributed by atoms with Crippen molar-refractivity contribution in [1.29, 1.82) is 0 Å². The third-order valence-corrected chi connectivity index (χ3v) is 6.45. The summed E-state index contributed by atoms with van der Waals surface area (Å²) in [5.41, 5.74) is 3.28. The van der Waals surface area contributed by atoms with Crippen LogP contribution in [-0.4, -0.2) is 35.2 Å². The number of fused-ring (bicyclic) bond motifs is 2. The quantitative estimate of drug-likeness (QED) is 0.579. The zero-order chi connectivity index (χ0) is 20.7. The Labute approximate surface area is 172 Å². The fourth-order valence-electron chi connectivity index (χ4n) is 5.03. The molecule has 0 radical (unpaired) electrons. The highest BCUT2D eigenvalue weighted by Gasteiger charge is 2.51. The first-order chi connectivity index (χ1) is 13.9. The molecular weight excluding hydrogens is 364 g/mol. The van der Waals surface area contributed by atoms with Gasteiger partial charge in [-0.2, -0.15) is 0 Å². The number of benzene rings is 1. The number of hydrogen-bond acceptors (Lipinski definition) is 3. The number of imide groups is 1. The van der Waals surface area contributed by atoms with Crippen molar-refractivity contribution < 1.29 is 14.4 Å². The monoisotopic (exact) mass is 394 g/mol. The molecule has 1 aliphatic carbocycles. The first-order valence-corrected chi connectivity index (χ1v) is 10.8. The fraction of sp³-hybridized carbons (Fsp3) is 0.542. The van der Waals surface area contributed by atoms with Gasteiger partial charge in [-0.05, 0) is 56.6 Å². The van der Waals surface area contributed by atoms with E-state index in [1.165, 1.54) is 16.0 Å². The summed E-state index contributed by atoms with van der Waals surface area (Å²) in [4.78, 5) is 43.2. The number of anilines is 1. The summed E-state index contributed by atoms with van der Waals surface area (Å²) in [5, 5.41) is 0. The van der Waals surface area contributed by atoms with Crippen LogP contribution in [0.5, 0.6) is 0 Å². The Morgan fingerprint density at radius 3 is 2.38 bits per heavy atom. The largest absolute Gasteiger partial charge is 0.310 e. The van der Waals surface area contributed by atoms with Crippen molar-refractivity contribution in [3.05, 3.63) is 41.5 Å². The molecule has 0 bridgehead atoms. The smallest absolute Gasteiger partial charge is 0.250 e. The van der Waals surface area contributed by atoms with E-state index in [4.69, 9.17) is 0 Å². The van der Waals surface area contributed by atoms with Crippen molar-refractivity contribution in [3.63, 3.8) is 0 Å². The first kappa shape index (κ1) is 19.9. The van der Waals surface area contributed by atoms with E-state index in [0.717, 1.165) is 18.5 Å². The Kier molecular flexibility index (Phi) is 5.32. The van der Waals surface area contributed by atoms with Crippen molar-refractivity contribution in [2.75, 3.05) is 11.4 Å². The summed E-state index contributed by atoms with van der Waals surface area (Å²) in [6.45, 7) is 6.76. The van der Waals surface area contributed by atoms with Crippen LogP contribution in [0.2, 0.25) is 0 Å². The van der Waals surface area contributed by atoms with Gasteiger partial charge in [0, 0.05) is 12.2 Å². The van der Waals surface area contributed by atoms with Crippen LogP contribution in [-0.2, 0) is 20.8 Å². The molecule has 0 spiro atoms. The average molecular weight is 395 g/mol. The second-order valence-corrected chi connectivity index (χ2v) is 9.07. The van der Waals surface area contributed by atoms with Gasteiger partial charge in [-0.3, -0.25) is 19.3 Å². The van der Waals surface area contributed by atoms with Gasteiger partial charge in [-0.15, -0.1) is 0 Å². The summed E-state index contributed by atoms with van der Waals surface area (Å²) in [7, 11) is 0. The number of carbonyl (C=O) groups excluding carboxylic acids is 3. The van der Waals surface area contributed by atoms with E-state index >= 15 is 0 Å². The van der Waals surface area contributed by atoms with E-state index in [2.05, 4.69) is 13.0 Å². The van der Waals surface area contributed by atoms with Crippen LogP contribution >= 0.6 is 0 Å². The molecule has 1 aromatic carbocycles. The average Bonchev–Trinajstić information content (AvgIpc) is 2.95. The third-order valence-electron chi connectivity index (χ3n) is 6.45. The summed E-state index contributed by atoms with van der Waals surface area (Å²) in [5.74, 6) is -0.837. The molecule has 29 heavy (non-hydrogen) atoms. The minimum Gasteiger partial charge on any atom is -0.310 e. The molecule has 2 aliphatic heterocycles. The van der Waals surface area contributed by atoms with Crippen LogP contribution in [0, 0.1) is 24.7 Å². The molecule has 3 amide bonds. The maximum absolute atomic E-state index is 13.7. The summed E-state index contributed by atoms with van der Waals surface area (Å²) in [6, 6.07) is 5.45. The van der Waals surface area contributed by atoms with Gasteiger partial charge in [-0.1, -0.05) is 43.7 Å². The van der Waals surface area contributed by atoms with Gasteiger partial charge in [0.2, 0.25) is 17.7 Å². The number of hydrogen-bond donors (Lipinski definition) is 0. The predicted octanol–water partition coefficient (Wildman–Crippen LogP) is 3.64. The lowest BCUT2D eigenvalue weighted by molar-refractivity contribution is -0.147. The van der Waals surface area contributed by atoms with Gasteiger partial charge in [0.1, 0.15) is 6.04 Å². The summed E-state index contributed by atoms with van der Waals surface area (Å²) < 4.78 is 0. The number of carbonyl (C=O) groups is 3.